The highest BCUT2D eigenvalue weighted by molar-refractivity contribution is 6.19. The number of nitrogens with zero attached hydrogens (tertiary/aromatic N) is 2. The molecule has 0 amide bonds. The van der Waals surface area contributed by atoms with Crippen LogP contribution in [0.4, 0.5) is 0 Å². The Balaban J connectivity index is 1.73. The lowest BCUT2D eigenvalue weighted by Crippen LogP contribution is -2.29. The van der Waals surface area contributed by atoms with Gasteiger partial charge in [0.05, 0.1) is 12.4 Å². The lowest BCUT2D eigenvalue weighted by Gasteiger charge is -2.10. The van der Waals surface area contributed by atoms with Gasteiger partial charge in [-0.05, 0) is 43.5 Å². The van der Waals surface area contributed by atoms with Crippen molar-refractivity contribution in [2.24, 2.45) is 7.05 Å². The van der Waals surface area contributed by atoms with Crippen molar-refractivity contribution in [1.29, 1.82) is 0 Å². The van der Waals surface area contributed by atoms with Gasteiger partial charge < -0.3 is 8.83 Å². The molecule has 0 aliphatic heterocycles. The predicted molar refractivity (Wildman–Crippen MR) is 124 cm³/mol. The number of furan rings is 2. The normalized spacial score (nSPS) is 11.9. The zero-order chi connectivity index (χ0) is 21.3. The number of fused-ring (bicyclic) bond motifs is 5. The van der Waals surface area contributed by atoms with Crippen molar-refractivity contribution in [3.63, 3.8) is 0 Å². The molecule has 0 saturated carbocycles. The van der Waals surface area contributed by atoms with E-state index in [1.807, 2.05) is 18.2 Å². The molecule has 4 nitrogen and oxygen atoms in total. The third-order valence-corrected chi connectivity index (χ3v) is 6.30. The van der Waals surface area contributed by atoms with E-state index in [0.29, 0.717) is 5.78 Å². The summed E-state index contributed by atoms with van der Waals surface area (Å²) < 4.78 is 16.9. The molecule has 0 bridgehead atoms. The van der Waals surface area contributed by atoms with Crippen LogP contribution in [-0.2, 0) is 7.05 Å². The van der Waals surface area contributed by atoms with Crippen LogP contribution in [0.1, 0.15) is 16.7 Å². The average molecular weight is 407 g/mol. The topological polar surface area (TPSA) is 35.1 Å². The zero-order valence-corrected chi connectivity index (χ0v) is 18.1. The van der Waals surface area contributed by atoms with Crippen LogP contribution < -0.4 is 4.57 Å². The van der Waals surface area contributed by atoms with Gasteiger partial charge in [-0.25, -0.2) is 4.57 Å². The first-order valence-corrected chi connectivity index (χ1v) is 10.5. The van der Waals surface area contributed by atoms with Crippen LogP contribution in [0.25, 0.3) is 50.2 Å². The molecule has 0 spiro atoms. The SMILES string of the molecule is Cc1cccc(C)c1-n1cc[n+](C)c1-c1c(C)ccc2c1oc1oc3ccccc3c12. The Bertz CT molecular complexity index is 1610. The van der Waals surface area contributed by atoms with Crippen LogP contribution in [0.3, 0.4) is 0 Å². The van der Waals surface area contributed by atoms with E-state index >= 15 is 0 Å². The van der Waals surface area contributed by atoms with Crippen molar-refractivity contribution in [2.45, 2.75) is 20.8 Å². The quantitative estimate of drug-likeness (QED) is 0.306. The standard InChI is InChI=1S/C27H23N2O2/c1-16-12-13-20-23-19-10-5-6-11-21(19)30-27(23)31-25(20)22(16)26-28(4)14-15-29(26)24-17(2)8-7-9-18(24)3/h5-15H,1-4H3/q+1. The molecule has 0 aliphatic rings. The van der Waals surface area contributed by atoms with Gasteiger partial charge in [0.15, 0.2) is 5.58 Å². The number of aryl methyl sites for hydroxylation is 4. The third-order valence-electron chi connectivity index (χ3n) is 6.30. The second kappa shape index (κ2) is 6.35. The zero-order valence-electron chi connectivity index (χ0n) is 18.1. The average Bonchev–Trinajstić information content (AvgIpc) is 3.40. The van der Waals surface area contributed by atoms with Gasteiger partial charge in [-0.1, -0.05) is 48.5 Å². The molecule has 6 rings (SSSR count). The summed E-state index contributed by atoms with van der Waals surface area (Å²) in [5.74, 6) is 1.66. The Morgan fingerprint density at radius 3 is 2.35 bits per heavy atom. The Kier molecular flexibility index (Phi) is 3.69. The van der Waals surface area contributed by atoms with E-state index in [2.05, 4.69) is 85.7 Å². The fourth-order valence-electron chi connectivity index (χ4n) is 4.85. The monoisotopic (exact) mass is 407 g/mol. The summed E-state index contributed by atoms with van der Waals surface area (Å²) in [6.07, 6.45) is 4.23. The van der Waals surface area contributed by atoms with Crippen molar-refractivity contribution in [3.8, 4) is 17.1 Å². The van der Waals surface area contributed by atoms with Gasteiger partial charge in [0.1, 0.15) is 29.2 Å². The van der Waals surface area contributed by atoms with Crippen LogP contribution in [-0.4, -0.2) is 4.57 Å². The Labute approximate surface area is 179 Å². The van der Waals surface area contributed by atoms with Gasteiger partial charge in [0.2, 0.25) is 0 Å². The molecular weight excluding hydrogens is 384 g/mol. The van der Waals surface area contributed by atoms with E-state index in [4.69, 9.17) is 8.83 Å². The van der Waals surface area contributed by atoms with Gasteiger partial charge >= 0.3 is 0 Å². The molecule has 3 aromatic heterocycles. The molecule has 0 radical (unpaired) electrons. The summed E-state index contributed by atoms with van der Waals surface area (Å²) in [7, 11) is 2.08. The highest BCUT2D eigenvalue weighted by Gasteiger charge is 2.28. The molecule has 3 heterocycles. The van der Waals surface area contributed by atoms with Crippen LogP contribution in [0.5, 0.6) is 0 Å². The van der Waals surface area contributed by atoms with Gasteiger partial charge in [0.25, 0.3) is 11.6 Å². The molecule has 0 unspecified atom stereocenters. The fraction of sp³-hybridized carbons (Fsp3) is 0.148. The van der Waals surface area contributed by atoms with Crippen LogP contribution in [0.15, 0.2) is 75.8 Å². The minimum Gasteiger partial charge on any atom is -0.425 e. The number of hydrogen-bond donors (Lipinski definition) is 0. The minimum atomic E-state index is 0.580. The fourth-order valence-corrected chi connectivity index (χ4v) is 4.85. The summed E-state index contributed by atoms with van der Waals surface area (Å²) in [4.78, 5) is 0. The van der Waals surface area contributed by atoms with E-state index in [9.17, 15) is 0 Å². The highest BCUT2D eigenvalue weighted by atomic mass is 16.5. The van der Waals surface area contributed by atoms with Gasteiger partial charge in [0, 0.05) is 10.8 Å². The van der Waals surface area contributed by atoms with Crippen molar-refractivity contribution in [3.05, 3.63) is 83.7 Å². The molecule has 6 aromatic rings. The first kappa shape index (κ1) is 18.0. The first-order valence-electron chi connectivity index (χ1n) is 10.5. The number of para-hydroxylation sites is 2. The van der Waals surface area contributed by atoms with Crippen LogP contribution in [0, 0.1) is 20.8 Å². The summed E-state index contributed by atoms with van der Waals surface area (Å²) in [5, 5.41) is 3.20. The minimum absolute atomic E-state index is 0.580. The van der Waals surface area contributed by atoms with Crippen molar-refractivity contribution >= 4 is 33.1 Å². The lowest BCUT2D eigenvalue weighted by molar-refractivity contribution is -0.659. The molecule has 0 atom stereocenters. The Hall–Kier alpha value is -3.79. The second-order valence-corrected chi connectivity index (χ2v) is 8.34. The van der Waals surface area contributed by atoms with Gasteiger partial charge in [-0.2, -0.15) is 4.57 Å². The van der Waals surface area contributed by atoms with Gasteiger partial charge in [-0.15, -0.1) is 0 Å². The van der Waals surface area contributed by atoms with Crippen LogP contribution >= 0.6 is 0 Å². The number of rotatable bonds is 2. The van der Waals surface area contributed by atoms with Crippen LogP contribution in [0.2, 0.25) is 0 Å². The van der Waals surface area contributed by atoms with Crippen molar-refractivity contribution in [2.75, 3.05) is 0 Å². The lowest BCUT2D eigenvalue weighted by atomic mass is 10.0. The van der Waals surface area contributed by atoms with Crippen molar-refractivity contribution in [1.82, 2.24) is 4.57 Å². The maximum atomic E-state index is 6.39. The molecule has 152 valence electrons. The number of aromatic nitrogens is 2. The molecule has 3 aromatic carbocycles. The van der Waals surface area contributed by atoms with Crippen molar-refractivity contribution < 1.29 is 13.4 Å². The molecule has 31 heavy (non-hydrogen) atoms. The maximum Gasteiger partial charge on any atom is 0.299 e. The number of benzene rings is 3. The van der Waals surface area contributed by atoms with E-state index in [-0.39, 0.29) is 0 Å². The second-order valence-electron chi connectivity index (χ2n) is 8.34. The number of hydrogen-bond acceptors (Lipinski definition) is 2. The van der Waals surface area contributed by atoms with Gasteiger partial charge in [-0.3, -0.25) is 0 Å². The Morgan fingerprint density at radius 1 is 0.774 bits per heavy atom. The van der Waals surface area contributed by atoms with E-state index in [1.165, 1.54) is 16.8 Å². The summed E-state index contributed by atoms with van der Waals surface area (Å²) in [6, 6.07) is 18.8. The summed E-state index contributed by atoms with van der Waals surface area (Å²) in [6.45, 7) is 6.46. The summed E-state index contributed by atoms with van der Waals surface area (Å²) in [5.41, 5.74) is 7.64. The number of imidazole rings is 1. The van der Waals surface area contributed by atoms with E-state index in [0.717, 1.165) is 44.3 Å². The molecule has 4 heteroatoms. The summed E-state index contributed by atoms with van der Waals surface area (Å²) >= 11 is 0. The third kappa shape index (κ3) is 2.45. The highest BCUT2D eigenvalue weighted by Crippen LogP contribution is 2.41. The largest absolute Gasteiger partial charge is 0.425 e. The smallest absolute Gasteiger partial charge is 0.299 e. The molecular formula is C27H23N2O2+. The Morgan fingerprint density at radius 2 is 1.55 bits per heavy atom. The molecule has 0 N–H and O–H groups in total. The predicted octanol–water partition coefficient (Wildman–Crippen LogP) is 6.54. The molecule has 0 aliphatic carbocycles. The maximum absolute atomic E-state index is 6.39. The van der Waals surface area contributed by atoms with E-state index in [1.54, 1.807) is 0 Å². The van der Waals surface area contributed by atoms with E-state index < -0.39 is 0 Å². The molecule has 0 fully saturated rings. The molecule has 0 saturated heterocycles. The first-order chi connectivity index (χ1) is 15.0.